The summed E-state index contributed by atoms with van der Waals surface area (Å²) in [6.45, 7) is 4.19. The minimum atomic E-state index is -0.254. The van der Waals surface area contributed by atoms with E-state index < -0.39 is 0 Å². The zero-order valence-electron chi connectivity index (χ0n) is 14.7. The Morgan fingerprint density at radius 1 is 1.28 bits per heavy atom. The maximum atomic E-state index is 12.7. The largest absolute Gasteiger partial charge is 0.468 e. The number of nitrogens with one attached hydrogen (secondary N) is 1. The fraction of sp³-hybridized carbons (Fsp3) is 0.450. The van der Waals surface area contributed by atoms with E-state index in [2.05, 4.69) is 12.2 Å². The van der Waals surface area contributed by atoms with Crippen LogP contribution in [0.1, 0.15) is 45.1 Å². The minimum Gasteiger partial charge on any atom is -0.468 e. The van der Waals surface area contributed by atoms with Crippen LogP contribution in [0.15, 0.2) is 34.9 Å². The molecule has 1 aliphatic heterocycles. The lowest BCUT2D eigenvalue weighted by Gasteiger charge is -2.22. The summed E-state index contributed by atoms with van der Waals surface area (Å²) in [5, 5.41) is 3.08. The van der Waals surface area contributed by atoms with E-state index >= 15 is 0 Å². The predicted octanol–water partition coefficient (Wildman–Crippen LogP) is 4.71. The molecule has 1 aromatic heterocycles. The van der Waals surface area contributed by atoms with Gasteiger partial charge in [0.1, 0.15) is 11.5 Å². The first-order valence-corrected chi connectivity index (χ1v) is 9.19. The molecule has 1 fully saturated rings. The van der Waals surface area contributed by atoms with Crippen molar-refractivity contribution in [1.29, 1.82) is 0 Å². The molecule has 5 heteroatoms. The van der Waals surface area contributed by atoms with Crippen LogP contribution in [0.3, 0.4) is 0 Å². The van der Waals surface area contributed by atoms with Gasteiger partial charge in [0, 0.05) is 23.6 Å². The zero-order valence-corrected chi connectivity index (χ0v) is 14.7. The normalized spacial score (nSPS) is 18.8. The molecule has 1 saturated carbocycles. The van der Waals surface area contributed by atoms with E-state index in [1.165, 1.54) is 0 Å². The van der Waals surface area contributed by atoms with Crippen LogP contribution in [-0.4, -0.2) is 18.3 Å². The summed E-state index contributed by atoms with van der Waals surface area (Å²) in [5.41, 5.74) is 3.03. The summed E-state index contributed by atoms with van der Waals surface area (Å²) in [5.74, 6) is 1.66. The number of amides is 2. The van der Waals surface area contributed by atoms with Crippen molar-refractivity contribution in [2.45, 2.75) is 58.2 Å². The lowest BCUT2D eigenvalue weighted by Crippen LogP contribution is -2.46. The average Bonchev–Trinajstić information content (AvgIpc) is 3.13. The Morgan fingerprint density at radius 3 is 2.76 bits per heavy atom. The van der Waals surface area contributed by atoms with Crippen molar-refractivity contribution < 1.29 is 13.9 Å². The number of benzene rings is 1. The predicted molar refractivity (Wildman–Crippen MR) is 96.9 cm³/mol. The van der Waals surface area contributed by atoms with Gasteiger partial charge in [-0.25, -0.2) is 4.79 Å². The third-order valence-corrected chi connectivity index (χ3v) is 4.80. The molecule has 0 spiro atoms. The maximum Gasteiger partial charge on any atom is 0.325 e. The van der Waals surface area contributed by atoms with Crippen LogP contribution in [0.5, 0.6) is 5.75 Å². The van der Waals surface area contributed by atoms with Crippen LogP contribution in [0.25, 0.3) is 11.3 Å². The third-order valence-electron chi connectivity index (χ3n) is 4.80. The van der Waals surface area contributed by atoms with Crippen LogP contribution in [0.2, 0.25) is 0 Å². The summed E-state index contributed by atoms with van der Waals surface area (Å²) in [6, 6.07) is 8.15. The maximum absolute atomic E-state index is 12.7. The molecular formula is C20H24N2O3. The molecule has 0 bridgehead atoms. The molecule has 2 aliphatic rings. The Labute approximate surface area is 148 Å². The molecule has 5 nitrogen and oxygen atoms in total. The van der Waals surface area contributed by atoms with Crippen LogP contribution < -0.4 is 15.0 Å². The topological polar surface area (TPSA) is 54.7 Å². The first-order valence-electron chi connectivity index (χ1n) is 9.19. The lowest BCUT2D eigenvalue weighted by atomic mass is 9.99. The molecule has 0 saturated heterocycles. The van der Waals surface area contributed by atoms with Gasteiger partial charge in [0.15, 0.2) is 6.23 Å². The Morgan fingerprint density at radius 2 is 2.12 bits per heavy atom. The summed E-state index contributed by atoms with van der Waals surface area (Å²) in [4.78, 5) is 14.5. The number of fused-ring (bicyclic) bond motifs is 1. The second kappa shape index (κ2) is 6.47. The smallest absolute Gasteiger partial charge is 0.325 e. The van der Waals surface area contributed by atoms with Gasteiger partial charge < -0.3 is 14.5 Å². The lowest BCUT2D eigenvalue weighted by molar-refractivity contribution is 0.204. The van der Waals surface area contributed by atoms with Gasteiger partial charge in [0.25, 0.3) is 0 Å². The van der Waals surface area contributed by atoms with Gasteiger partial charge in [-0.1, -0.05) is 20.3 Å². The second-order valence-corrected chi connectivity index (χ2v) is 6.74. The van der Waals surface area contributed by atoms with Gasteiger partial charge in [-0.05, 0) is 43.5 Å². The van der Waals surface area contributed by atoms with Gasteiger partial charge in [-0.3, -0.25) is 4.90 Å². The molecular weight excluding hydrogens is 316 g/mol. The SMILES string of the molecule is CCCc1c(-c2ccco2)ccc2c1OC(CC)N2C(=O)NC1CC1. The van der Waals surface area contributed by atoms with E-state index in [0.29, 0.717) is 6.04 Å². The van der Waals surface area contributed by atoms with Crippen molar-refractivity contribution >= 4 is 11.7 Å². The highest BCUT2D eigenvalue weighted by Gasteiger charge is 2.38. The zero-order chi connectivity index (χ0) is 17.4. The molecule has 1 aliphatic carbocycles. The number of hydrogen-bond donors (Lipinski definition) is 1. The second-order valence-electron chi connectivity index (χ2n) is 6.74. The number of hydrogen-bond acceptors (Lipinski definition) is 3. The van der Waals surface area contributed by atoms with Gasteiger partial charge in [0.2, 0.25) is 0 Å². The average molecular weight is 340 g/mol. The minimum absolute atomic E-state index is 0.0544. The van der Waals surface area contributed by atoms with Crippen molar-refractivity contribution in [3.8, 4) is 17.1 Å². The molecule has 1 aromatic carbocycles. The molecule has 1 unspecified atom stereocenters. The highest BCUT2D eigenvalue weighted by molar-refractivity contribution is 5.97. The number of ether oxygens (including phenoxy) is 1. The van der Waals surface area contributed by atoms with E-state index in [1.54, 1.807) is 11.2 Å². The number of urea groups is 1. The Balaban J connectivity index is 1.76. The van der Waals surface area contributed by atoms with E-state index in [-0.39, 0.29) is 12.3 Å². The highest BCUT2D eigenvalue weighted by Crippen LogP contribution is 2.45. The summed E-state index contributed by atoms with van der Waals surface area (Å²) >= 11 is 0. The molecule has 1 atom stereocenters. The van der Waals surface area contributed by atoms with Crippen molar-refractivity contribution in [3.05, 3.63) is 36.1 Å². The van der Waals surface area contributed by atoms with E-state index in [1.807, 2.05) is 31.2 Å². The fourth-order valence-electron chi connectivity index (χ4n) is 3.42. The number of rotatable bonds is 5. The first kappa shape index (κ1) is 16.1. The van der Waals surface area contributed by atoms with Crippen molar-refractivity contribution in [3.63, 3.8) is 0 Å². The Hall–Kier alpha value is -2.43. The Bertz CT molecular complexity index is 765. The molecule has 1 N–H and O–H groups in total. The number of furan rings is 1. The molecule has 2 heterocycles. The third kappa shape index (κ3) is 2.88. The van der Waals surface area contributed by atoms with Gasteiger partial charge >= 0.3 is 6.03 Å². The molecule has 4 rings (SSSR count). The van der Waals surface area contributed by atoms with Crippen LogP contribution in [0.4, 0.5) is 10.5 Å². The first-order chi connectivity index (χ1) is 12.2. The van der Waals surface area contributed by atoms with Crippen LogP contribution >= 0.6 is 0 Å². The molecule has 132 valence electrons. The van der Waals surface area contributed by atoms with Crippen LogP contribution in [-0.2, 0) is 6.42 Å². The molecule has 0 radical (unpaired) electrons. The number of carbonyl (C=O) groups excluding carboxylic acids is 1. The van der Waals surface area contributed by atoms with E-state index in [4.69, 9.17) is 9.15 Å². The summed E-state index contributed by atoms with van der Waals surface area (Å²) in [7, 11) is 0. The highest BCUT2D eigenvalue weighted by atomic mass is 16.5. The summed E-state index contributed by atoms with van der Waals surface area (Å²) in [6.07, 6.45) is 6.20. The number of carbonyl (C=O) groups is 1. The molecule has 2 aromatic rings. The standard InChI is InChI=1S/C20H24N2O3/c1-3-6-15-14(17-7-5-12-24-17)10-11-16-19(15)25-18(4-2)22(16)20(23)21-13-8-9-13/h5,7,10-13,18H,3-4,6,8-9H2,1-2H3,(H,21,23). The van der Waals surface area contributed by atoms with Gasteiger partial charge in [-0.15, -0.1) is 0 Å². The monoisotopic (exact) mass is 340 g/mol. The van der Waals surface area contributed by atoms with Crippen molar-refractivity contribution in [1.82, 2.24) is 5.32 Å². The van der Waals surface area contributed by atoms with E-state index in [0.717, 1.165) is 60.4 Å². The number of nitrogens with zero attached hydrogens (tertiary/aromatic N) is 1. The quantitative estimate of drug-likeness (QED) is 0.858. The van der Waals surface area contributed by atoms with Gasteiger partial charge in [-0.2, -0.15) is 0 Å². The Kier molecular flexibility index (Phi) is 4.15. The van der Waals surface area contributed by atoms with Crippen LogP contribution in [0, 0.1) is 0 Å². The number of anilines is 1. The van der Waals surface area contributed by atoms with Gasteiger partial charge in [0.05, 0.1) is 12.0 Å². The fourth-order valence-corrected chi connectivity index (χ4v) is 3.42. The molecule has 25 heavy (non-hydrogen) atoms. The van der Waals surface area contributed by atoms with Crippen molar-refractivity contribution in [2.75, 3.05) is 4.90 Å². The summed E-state index contributed by atoms with van der Waals surface area (Å²) < 4.78 is 11.8. The molecule has 2 amide bonds. The van der Waals surface area contributed by atoms with Crippen molar-refractivity contribution in [2.24, 2.45) is 0 Å². The van der Waals surface area contributed by atoms with E-state index in [9.17, 15) is 4.79 Å².